The number of hydrogen-bond acceptors (Lipinski definition) is 3. The molecule has 6 aromatic rings. The van der Waals surface area contributed by atoms with Crippen molar-refractivity contribution in [1.29, 1.82) is 0 Å². The molecular weight excluding hydrogens is 414 g/mol. The zero-order valence-corrected chi connectivity index (χ0v) is 18.5. The van der Waals surface area contributed by atoms with Crippen LogP contribution in [0.25, 0.3) is 56.1 Å². The van der Waals surface area contributed by atoms with Crippen molar-refractivity contribution in [1.82, 2.24) is 15.0 Å². The lowest BCUT2D eigenvalue weighted by atomic mass is 10.0. The minimum Gasteiger partial charge on any atom is -0.208 e. The van der Waals surface area contributed by atoms with Crippen LogP contribution >= 0.6 is 0 Å². The number of hydrogen-bond donors (Lipinski definition) is 0. The molecule has 6 rings (SSSR count). The average Bonchev–Trinajstić information content (AvgIpc) is 2.93. The van der Waals surface area contributed by atoms with Gasteiger partial charge in [0, 0.05) is 16.7 Å². The molecule has 0 bridgehead atoms. The molecule has 0 atom stereocenters. The summed E-state index contributed by atoms with van der Waals surface area (Å²) in [5, 5.41) is 2.36. The van der Waals surface area contributed by atoms with Crippen LogP contribution in [0, 0.1) is 0 Å². The van der Waals surface area contributed by atoms with E-state index in [0.29, 0.717) is 17.5 Å². The Morgan fingerprint density at radius 1 is 0.294 bits per heavy atom. The Morgan fingerprint density at radius 2 is 0.706 bits per heavy atom. The summed E-state index contributed by atoms with van der Waals surface area (Å²) in [6, 6.07) is 43.5. The molecule has 0 spiro atoms. The molecule has 0 unspecified atom stereocenters. The minimum absolute atomic E-state index is 0.664. The van der Waals surface area contributed by atoms with Crippen molar-refractivity contribution in [3.8, 4) is 45.3 Å². The van der Waals surface area contributed by atoms with Crippen LogP contribution in [0.2, 0.25) is 0 Å². The summed E-state index contributed by atoms with van der Waals surface area (Å²) in [6.07, 6.45) is 0. The van der Waals surface area contributed by atoms with E-state index in [4.69, 9.17) is 15.0 Å². The summed E-state index contributed by atoms with van der Waals surface area (Å²) in [4.78, 5) is 14.6. The SMILES string of the molecule is c1ccc(-c2ccc(-c3nc(-c4ccccc4)nc(-c4ccc5ccccc5c4)n3)cc2)cc1. The molecule has 3 heteroatoms. The molecule has 0 saturated carbocycles. The third-order valence-corrected chi connectivity index (χ3v) is 5.93. The molecule has 0 aliphatic rings. The van der Waals surface area contributed by atoms with Gasteiger partial charge < -0.3 is 0 Å². The molecule has 0 amide bonds. The first-order valence-electron chi connectivity index (χ1n) is 11.3. The molecule has 34 heavy (non-hydrogen) atoms. The van der Waals surface area contributed by atoms with Gasteiger partial charge in [0.25, 0.3) is 0 Å². The maximum Gasteiger partial charge on any atom is 0.164 e. The zero-order valence-electron chi connectivity index (χ0n) is 18.5. The summed E-state index contributed by atoms with van der Waals surface area (Å²) in [5.74, 6) is 2.00. The Hall–Kier alpha value is -4.63. The van der Waals surface area contributed by atoms with Crippen LogP contribution in [-0.2, 0) is 0 Å². The van der Waals surface area contributed by atoms with Gasteiger partial charge in [-0.1, -0.05) is 121 Å². The summed E-state index contributed by atoms with van der Waals surface area (Å²) in [6.45, 7) is 0. The predicted molar refractivity (Wildman–Crippen MR) is 139 cm³/mol. The van der Waals surface area contributed by atoms with Gasteiger partial charge in [0.15, 0.2) is 17.5 Å². The van der Waals surface area contributed by atoms with Gasteiger partial charge in [-0.2, -0.15) is 0 Å². The average molecular weight is 436 g/mol. The van der Waals surface area contributed by atoms with Gasteiger partial charge in [0.05, 0.1) is 0 Å². The van der Waals surface area contributed by atoms with E-state index < -0.39 is 0 Å². The van der Waals surface area contributed by atoms with E-state index >= 15 is 0 Å². The maximum atomic E-state index is 4.89. The second-order valence-electron chi connectivity index (χ2n) is 8.18. The first-order chi connectivity index (χ1) is 16.8. The van der Waals surface area contributed by atoms with Crippen molar-refractivity contribution >= 4 is 10.8 Å². The third kappa shape index (κ3) is 3.96. The van der Waals surface area contributed by atoms with E-state index in [1.165, 1.54) is 10.9 Å². The fourth-order valence-electron chi connectivity index (χ4n) is 4.12. The molecule has 0 N–H and O–H groups in total. The molecular formula is C31H21N3. The predicted octanol–water partition coefficient (Wildman–Crippen LogP) is 7.69. The summed E-state index contributed by atoms with van der Waals surface area (Å²) in [7, 11) is 0. The monoisotopic (exact) mass is 435 g/mol. The molecule has 160 valence electrons. The Bertz CT molecular complexity index is 1570. The van der Waals surface area contributed by atoms with Crippen molar-refractivity contribution < 1.29 is 0 Å². The van der Waals surface area contributed by atoms with Crippen LogP contribution < -0.4 is 0 Å². The van der Waals surface area contributed by atoms with E-state index in [1.807, 2.05) is 36.4 Å². The van der Waals surface area contributed by atoms with Gasteiger partial charge in [0.1, 0.15) is 0 Å². The van der Waals surface area contributed by atoms with E-state index in [0.717, 1.165) is 27.6 Å². The maximum absolute atomic E-state index is 4.89. The van der Waals surface area contributed by atoms with Crippen LogP contribution in [0.4, 0.5) is 0 Å². The number of aromatic nitrogens is 3. The van der Waals surface area contributed by atoms with E-state index in [1.54, 1.807) is 0 Å². The second-order valence-corrected chi connectivity index (χ2v) is 8.18. The van der Waals surface area contributed by atoms with Gasteiger partial charge in [-0.15, -0.1) is 0 Å². The van der Waals surface area contributed by atoms with Crippen molar-refractivity contribution in [3.05, 3.63) is 127 Å². The van der Waals surface area contributed by atoms with Crippen molar-refractivity contribution in [2.75, 3.05) is 0 Å². The lowest BCUT2D eigenvalue weighted by Gasteiger charge is -2.09. The van der Waals surface area contributed by atoms with Gasteiger partial charge in [0.2, 0.25) is 0 Å². The van der Waals surface area contributed by atoms with Gasteiger partial charge in [-0.25, -0.2) is 15.0 Å². The van der Waals surface area contributed by atoms with E-state index in [2.05, 4.69) is 91.0 Å². The quantitative estimate of drug-likeness (QED) is 0.285. The molecule has 0 saturated heterocycles. The fraction of sp³-hybridized carbons (Fsp3) is 0. The molecule has 0 aliphatic carbocycles. The Labute approximate surface area is 198 Å². The molecule has 3 nitrogen and oxygen atoms in total. The second kappa shape index (κ2) is 8.72. The normalized spacial score (nSPS) is 10.9. The first kappa shape index (κ1) is 20.0. The third-order valence-electron chi connectivity index (χ3n) is 5.93. The molecule has 0 fully saturated rings. The highest BCUT2D eigenvalue weighted by molar-refractivity contribution is 5.86. The lowest BCUT2D eigenvalue weighted by molar-refractivity contribution is 1.07. The fourth-order valence-corrected chi connectivity index (χ4v) is 4.12. The molecule has 1 aromatic heterocycles. The highest BCUT2D eigenvalue weighted by Crippen LogP contribution is 2.28. The van der Waals surface area contributed by atoms with Crippen LogP contribution in [0.1, 0.15) is 0 Å². The summed E-state index contributed by atoms with van der Waals surface area (Å²) >= 11 is 0. The van der Waals surface area contributed by atoms with Gasteiger partial charge in [-0.3, -0.25) is 0 Å². The molecule has 5 aromatic carbocycles. The largest absolute Gasteiger partial charge is 0.208 e. The Balaban J connectivity index is 1.47. The molecule has 1 heterocycles. The van der Waals surface area contributed by atoms with Crippen LogP contribution in [0.3, 0.4) is 0 Å². The van der Waals surface area contributed by atoms with Crippen molar-refractivity contribution in [2.24, 2.45) is 0 Å². The van der Waals surface area contributed by atoms with Crippen molar-refractivity contribution in [2.45, 2.75) is 0 Å². The Kier molecular flexibility index (Phi) is 5.13. The highest BCUT2D eigenvalue weighted by Gasteiger charge is 2.12. The van der Waals surface area contributed by atoms with E-state index in [-0.39, 0.29) is 0 Å². The van der Waals surface area contributed by atoms with Crippen LogP contribution in [0.5, 0.6) is 0 Å². The summed E-state index contributed by atoms with van der Waals surface area (Å²) in [5.41, 5.74) is 5.25. The number of rotatable bonds is 4. The van der Waals surface area contributed by atoms with E-state index in [9.17, 15) is 0 Å². The topological polar surface area (TPSA) is 38.7 Å². The van der Waals surface area contributed by atoms with Gasteiger partial charge in [-0.05, 0) is 28.0 Å². The zero-order chi connectivity index (χ0) is 22.7. The Morgan fingerprint density at radius 3 is 1.35 bits per heavy atom. The van der Waals surface area contributed by atoms with Crippen LogP contribution in [-0.4, -0.2) is 15.0 Å². The summed E-state index contributed by atoms with van der Waals surface area (Å²) < 4.78 is 0. The minimum atomic E-state index is 0.664. The van der Waals surface area contributed by atoms with Crippen LogP contribution in [0.15, 0.2) is 127 Å². The smallest absolute Gasteiger partial charge is 0.164 e. The molecule has 0 aliphatic heterocycles. The van der Waals surface area contributed by atoms with Gasteiger partial charge >= 0.3 is 0 Å². The number of benzene rings is 5. The van der Waals surface area contributed by atoms with Crippen molar-refractivity contribution in [3.63, 3.8) is 0 Å². The number of nitrogens with zero attached hydrogens (tertiary/aromatic N) is 3. The highest BCUT2D eigenvalue weighted by atomic mass is 15.0. The molecule has 0 radical (unpaired) electrons. The number of fused-ring (bicyclic) bond motifs is 1. The first-order valence-corrected chi connectivity index (χ1v) is 11.3. The standard InChI is InChI=1S/C31H21N3/c1-3-9-22(10-4-1)24-15-18-26(19-16-24)30-32-29(25-12-5-2-6-13-25)33-31(34-30)28-20-17-23-11-7-8-14-27(23)21-28/h1-21H. The lowest BCUT2D eigenvalue weighted by Crippen LogP contribution is -2.00.